The van der Waals surface area contributed by atoms with E-state index in [-0.39, 0.29) is 0 Å². The monoisotopic (exact) mass is 363 g/mol. The zero-order chi connectivity index (χ0) is 18.6. The Labute approximate surface area is 159 Å². The SMILES string of the molecule is COc1ccc(/C=C/CN2CCN(c3nc4cc(C)ccc4o3)CC2)cc1. The predicted molar refractivity (Wildman–Crippen MR) is 109 cm³/mol. The summed E-state index contributed by atoms with van der Waals surface area (Å²) in [5.41, 5.74) is 4.20. The summed E-state index contributed by atoms with van der Waals surface area (Å²) >= 11 is 0. The highest BCUT2D eigenvalue weighted by atomic mass is 16.5. The molecule has 0 atom stereocenters. The van der Waals surface area contributed by atoms with Crippen LogP contribution in [0.25, 0.3) is 17.2 Å². The number of piperazine rings is 1. The van der Waals surface area contributed by atoms with Crippen molar-refractivity contribution in [2.75, 3.05) is 44.7 Å². The van der Waals surface area contributed by atoms with Gasteiger partial charge in [-0.1, -0.05) is 30.4 Å². The van der Waals surface area contributed by atoms with Gasteiger partial charge in [-0.2, -0.15) is 4.98 Å². The van der Waals surface area contributed by atoms with E-state index >= 15 is 0 Å². The molecule has 2 aromatic carbocycles. The molecule has 1 aliphatic heterocycles. The van der Waals surface area contributed by atoms with Gasteiger partial charge in [0.05, 0.1) is 7.11 Å². The van der Waals surface area contributed by atoms with Crippen molar-refractivity contribution >= 4 is 23.2 Å². The highest BCUT2D eigenvalue weighted by molar-refractivity contribution is 5.75. The molecule has 0 radical (unpaired) electrons. The molecule has 5 heteroatoms. The van der Waals surface area contributed by atoms with Crippen LogP contribution in [0.4, 0.5) is 6.01 Å². The quantitative estimate of drug-likeness (QED) is 0.686. The van der Waals surface area contributed by atoms with Crippen LogP contribution in [-0.2, 0) is 0 Å². The summed E-state index contributed by atoms with van der Waals surface area (Å²) in [5.74, 6) is 0.887. The average Bonchev–Trinajstić information content (AvgIpc) is 3.12. The molecule has 27 heavy (non-hydrogen) atoms. The molecule has 1 saturated heterocycles. The molecular weight excluding hydrogens is 338 g/mol. The van der Waals surface area contributed by atoms with Gasteiger partial charge in [-0.15, -0.1) is 0 Å². The molecule has 0 N–H and O–H groups in total. The molecule has 0 bridgehead atoms. The van der Waals surface area contributed by atoms with Crippen molar-refractivity contribution in [3.05, 3.63) is 59.7 Å². The second kappa shape index (κ2) is 7.84. The molecule has 5 nitrogen and oxygen atoms in total. The Hall–Kier alpha value is -2.79. The lowest BCUT2D eigenvalue weighted by atomic mass is 10.2. The number of benzene rings is 2. The molecule has 2 heterocycles. The van der Waals surface area contributed by atoms with Gasteiger partial charge in [0.15, 0.2) is 5.58 Å². The van der Waals surface area contributed by atoms with Crippen LogP contribution in [0.5, 0.6) is 5.75 Å². The van der Waals surface area contributed by atoms with Crippen molar-refractivity contribution in [1.29, 1.82) is 0 Å². The minimum atomic E-state index is 0.740. The number of anilines is 1. The summed E-state index contributed by atoms with van der Waals surface area (Å²) in [6.45, 7) is 6.90. The summed E-state index contributed by atoms with van der Waals surface area (Å²) in [6.07, 6.45) is 4.38. The minimum Gasteiger partial charge on any atom is -0.497 e. The number of rotatable bonds is 5. The maximum absolute atomic E-state index is 5.93. The Bertz CT molecular complexity index is 922. The Morgan fingerprint density at radius 3 is 2.59 bits per heavy atom. The van der Waals surface area contributed by atoms with Gasteiger partial charge in [0.25, 0.3) is 6.01 Å². The van der Waals surface area contributed by atoms with Gasteiger partial charge < -0.3 is 14.1 Å². The van der Waals surface area contributed by atoms with E-state index < -0.39 is 0 Å². The first-order valence-electron chi connectivity index (χ1n) is 9.36. The number of nitrogens with zero attached hydrogens (tertiary/aromatic N) is 3. The third-order valence-electron chi connectivity index (χ3n) is 4.96. The van der Waals surface area contributed by atoms with Gasteiger partial charge in [-0.05, 0) is 42.3 Å². The van der Waals surface area contributed by atoms with Crippen LogP contribution < -0.4 is 9.64 Å². The zero-order valence-electron chi connectivity index (χ0n) is 15.9. The number of oxazole rings is 1. The second-order valence-electron chi connectivity index (χ2n) is 6.93. The molecular formula is C22H25N3O2. The van der Waals surface area contributed by atoms with Crippen LogP contribution in [0, 0.1) is 6.92 Å². The summed E-state index contributed by atoms with van der Waals surface area (Å²) in [6, 6.07) is 15.0. The molecule has 0 spiro atoms. The molecule has 0 saturated carbocycles. The van der Waals surface area contributed by atoms with E-state index in [1.165, 1.54) is 11.1 Å². The molecule has 1 aliphatic rings. The van der Waals surface area contributed by atoms with Crippen molar-refractivity contribution in [2.24, 2.45) is 0 Å². The van der Waals surface area contributed by atoms with Crippen LogP contribution >= 0.6 is 0 Å². The van der Waals surface area contributed by atoms with Crippen LogP contribution in [-0.4, -0.2) is 49.7 Å². The first-order valence-corrected chi connectivity index (χ1v) is 9.36. The number of methoxy groups -OCH3 is 1. The molecule has 0 unspecified atom stereocenters. The van der Waals surface area contributed by atoms with Crippen LogP contribution in [0.1, 0.15) is 11.1 Å². The average molecular weight is 363 g/mol. The van der Waals surface area contributed by atoms with E-state index in [1.807, 2.05) is 18.2 Å². The Kier molecular flexibility index (Phi) is 5.12. The maximum Gasteiger partial charge on any atom is 0.298 e. The largest absolute Gasteiger partial charge is 0.497 e. The number of ether oxygens (including phenoxy) is 1. The highest BCUT2D eigenvalue weighted by Gasteiger charge is 2.20. The van der Waals surface area contributed by atoms with Gasteiger partial charge in [-0.25, -0.2) is 0 Å². The van der Waals surface area contributed by atoms with Crippen molar-refractivity contribution in [3.8, 4) is 5.75 Å². The molecule has 140 valence electrons. The van der Waals surface area contributed by atoms with Gasteiger partial charge in [-0.3, -0.25) is 4.90 Å². The van der Waals surface area contributed by atoms with Crippen molar-refractivity contribution in [2.45, 2.75) is 6.92 Å². The highest BCUT2D eigenvalue weighted by Crippen LogP contribution is 2.23. The molecule has 4 rings (SSSR count). The fourth-order valence-electron chi connectivity index (χ4n) is 3.34. The third kappa shape index (κ3) is 4.14. The van der Waals surface area contributed by atoms with E-state index in [1.54, 1.807) is 7.11 Å². The molecule has 1 fully saturated rings. The van der Waals surface area contributed by atoms with Gasteiger partial charge in [0, 0.05) is 32.7 Å². The van der Waals surface area contributed by atoms with Gasteiger partial charge in [0.1, 0.15) is 11.3 Å². The van der Waals surface area contributed by atoms with Crippen molar-refractivity contribution in [1.82, 2.24) is 9.88 Å². The summed E-state index contributed by atoms with van der Waals surface area (Å²) in [4.78, 5) is 9.34. The minimum absolute atomic E-state index is 0.740. The van der Waals surface area contributed by atoms with E-state index in [2.05, 4.69) is 58.1 Å². The van der Waals surface area contributed by atoms with Crippen LogP contribution in [0.15, 0.2) is 53.0 Å². The Balaban J connectivity index is 1.30. The molecule has 0 amide bonds. The smallest absolute Gasteiger partial charge is 0.298 e. The lowest BCUT2D eigenvalue weighted by molar-refractivity contribution is 0.279. The molecule has 1 aromatic heterocycles. The fourth-order valence-corrected chi connectivity index (χ4v) is 3.34. The van der Waals surface area contributed by atoms with Crippen LogP contribution in [0.3, 0.4) is 0 Å². The summed E-state index contributed by atoms with van der Waals surface area (Å²) in [7, 11) is 1.69. The maximum atomic E-state index is 5.93. The third-order valence-corrected chi connectivity index (χ3v) is 4.96. The first kappa shape index (κ1) is 17.6. The summed E-state index contributed by atoms with van der Waals surface area (Å²) < 4.78 is 11.1. The second-order valence-corrected chi connectivity index (χ2v) is 6.93. The summed E-state index contributed by atoms with van der Waals surface area (Å²) in [5, 5.41) is 0. The van der Waals surface area contributed by atoms with E-state index in [0.717, 1.165) is 55.6 Å². The Morgan fingerprint density at radius 1 is 1.07 bits per heavy atom. The normalized spacial score (nSPS) is 15.7. The number of hydrogen-bond acceptors (Lipinski definition) is 5. The van der Waals surface area contributed by atoms with Crippen molar-refractivity contribution < 1.29 is 9.15 Å². The fraction of sp³-hybridized carbons (Fsp3) is 0.318. The number of hydrogen-bond donors (Lipinski definition) is 0. The van der Waals surface area contributed by atoms with Crippen LogP contribution in [0.2, 0.25) is 0 Å². The molecule has 3 aromatic rings. The van der Waals surface area contributed by atoms with Gasteiger partial charge in [0.2, 0.25) is 0 Å². The molecule has 0 aliphatic carbocycles. The zero-order valence-corrected chi connectivity index (χ0v) is 15.9. The van der Waals surface area contributed by atoms with E-state index in [0.29, 0.717) is 0 Å². The topological polar surface area (TPSA) is 41.7 Å². The lowest BCUT2D eigenvalue weighted by Crippen LogP contribution is -2.46. The lowest BCUT2D eigenvalue weighted by Gasteiger charge is -2.33. The van der Waals surface area contributed by atoms with Gasteiger partial charge >= 0.3 is 0 Å². The number of aryl methyl sites for hydroxylation is 1. The van der Waals surface area contributed by atoms with E-state index in [9.17, 15) is 0 Å². The Morgan fingerprint density at radius 2 is 1.85 bits per heavy atom. The van der Waals surface area contributed by atoms with E-state index in [4.69, 9.17) is 9.15 Å². The number of fused-ring (bicyclic) bond motifs is 1. The van der Waals surface area contributed by atoms with Crippen molar-refractivity contribution in [3.63, 3.8) is 0 Å². The predicted octanol–water partition coefficient (Wildman–Crippen LogP) is 3.98. The first-order chi connectivity index (χ1) is 13.2. The number of aromatic nitrogens is 1. The standard InChI is InChI=1S/C22H25N3O2/c1-17-5-10-21-20(16-17)23-22(27-21)25-14-12-24(13-15-25)11-3-4-18-6-8-19(26-2)9-7-18/h3-10,16H,11-15H2,1-2H3/b4-3+.